The predicted octanol–water partition coefficient (Wildman–Crippen LogP) is 4.04. The predicted molar refractivity (Wildman–Crippen MR) is 169 cm³/mol. The molecule has 232 valence electrons. The fraction of sp³-hybridized carbons (Fsp3) is 0.333. The maximum absolute atomic E-state index is 13.7. The summed E-state index contributed by atoms with van der Waals surface area (Å²) in [7, 11) is 4.61. The Morgan fingerprint density at radius 2 is 1.61 bits per heavy atom. The Bertz CT molecular complexity index is 1640. The third-order valence-corrected chi connectivity index (χ3v) is 7.61. The maximum Gasteiger partial charge on any atom is 0.248 e. The maximum atomic E-state index is 13.7. The number of fused-ring (bicyclic) bond motifs is 3. The first kappa shape index (κ1) is 31.9. The molecule has 0 fully saturated rings. The number of hydrogen-bond donors (Lipinski definition) is 4. The van der Waals surface area contributed by atoms with Crippen LogP contribution in [0.5, 0.6) is 17.2 Å². The average molecular weight is 603 g/mol. The zero-order chi connectivity index (χ0) is 32.1. The minimum absolute atomic E-state index is 0.202. The Kier molecular flexibility index (Phi) is 9.77. The number of aryl methyl sites for hydroxylation is 1. The van der Waals surface area contributed by atoms with Crippen LogP contribution in [0.2, 0.25) is 0 Å². The van der Waals surface area contributed by atoms with Crippen molar-refractivity contribution >= 4 is 29.1 Å². The monoisotopic (exact) mass is 602 g/mol. The Morgan fingerprint density at radius 3 is 2.18 bits per heavy atom. The molecule has 11 nitrogen and oxygen atoms in total. The molecule has 0 aromatic heterocycles. The van der Waals surface area contributed by atoms with Crippen LogP contribution in [0, 0.1) is 5.92 Å². The average Bonchev–Trinajstić information content (AvgIpc) is 3.23. The van der Waals surface area contributed by atoms with Gasteiger partial charge in [0.2, 0.25) is 28.9 Å². The number of nitrogens with one attached hydrogen (secondary N) is 3. The number of benzene rings is 2. The number of rotatable bonds is 10. The SMILES string of the molecule is COc1cc2c(c(OC)c1OC)-c1ccc(NC(C(=O)Nc3ccc(C(N)=O)cc3)C(C)C)c(=O)cc1C(NC(C)=O)CC2. The molecule has 0 saturated carbocycles. The third-order valence-electron chi connectivity index (χ3n) is 7.61. The lowest BCUT2D eigenvalue weighted by Crippen LogP contribution is -2.39. The topological polar surface area (TPSA) is 158 Å². The molecule has 4 rings (SSSR count). The molecule has 44 heavy (non-hydrogen) atoms. The summed E-state index contributed by atoms with van der Waals surface area (Å²) in [6.07, 6.45) is 1.10. The summed E-state index contributed by atoms with van der Waals surface area (Å²) < 4.78 is 17.1. The molecule has 3 aromatic carbocycles. The summed E-state index contributed by atoms with van der Waals surface area (Å²) in [5.41, 5.74) is 8.89. The molecule has 0 bridgehead atoms. The lowest BCUT2D eigenvalue weighted by Gasteiger charge is -2.22. The van der Waals surface area contributed by atoms with Crippen molar-refractivity contribution in [1.29, 1.82) is 0 Å². The van der Waals surface area contributed by atoms with Crippen molar-refractivity contribution in [3.8, 4) is 28.4 Å². The molecule has 0 spiro atoms. The number of amides is 3. The van der Waals surface area contributed by atoms with Crippen molar-refractivity contribution in [2.45, 2.75) is 45.7 Å². The number of methoxy groups -OCH3 is 3. The van der Waals surface area contributed by atoms with Crippen LogP contribution in [0.25, 0.3) is 11.1 Å². The van der Waals surface area contributed by atoms with Gasteiger partial charge < -0.3 is 35.9 Å². The lowest BCUT2D eigenvalue weighted by molar-refractivity contribution is -0.120. The van der Waals surface area contributed by atoms with Gasteiger partial charge >= 0.3 is 0 Å². The second kappa shape index (κ2) is 13.5. The van der Waals surface area contributed by atoms with Crippen LogP contribution < -0.4 is 41.3 Å². The smallest absolute Gasteiger partial charge is 0.248 e. The molecule has 2 unspecified atom stereocenters. The van der Waals surface area contributed by atoms with E-state index < -0.39 is 18.0 Å². The summed E-state index contributed by atoms with van der Waals surface area (Å²) in [5, 5.41) is 8.97. The highest BCUT2D eigenvalue weighted by Gasteiger charge is 2.30. The largest absolute Gasteiger partial charge is 0.493 e. The summed E-state index contributed by atoms with van der Waals surface area (Å²) in [6.45, 7) is 5.17. The van der Waals surface area contributed by atoms with Gasteiger partial charge in [-0.25, -0.2) is 0 Å². The molecule has 5 N–H and O–H groups in total. The molecule has 1 aliphatic rings. The van der Waals surface area contributed by atoms with E-state index in [1.807, 2.05) is 19.9 Å². The molecule has 0 radical (unpaired) electrons. The van der Waals surface area contributed by atoms with E-state index in [0.717, 1.165) is 11.1 Å². The Hall–Kier alpha value is -5.06. The van der Waals surface area contributed by atoms with Crippen LogP contribution in [0.1, 0.15) is 54.7 Å². The molecule has 0 heterocycles. The van der Waals surface area contributed by atoms with Gasteiger partial charge in [0.05, 0.1) is 33.1 Å². The number of carbonyl (C=O) groups excluding carboxylic acids is 3. The van der Waals surface area contributed by atoms with Gasteiger partial charge in [0.1, 0.15) is 6.04 Å². The molecule has 0 aliphatic heterocycles. The van der Waals surface area contributed by atoms with Gasteiger partial charge in [-0.3, -0.25) is 19.2 Å². The molecule has 2 atom stereocenters. The van der Waals surface area contributed by atoms with E-state index in [4.69, 9.17) is 19.9 Å². The fourth-order valence-electron chi connectivity index (χ4n) is 5.47. The van der Waals surface area contributed by atoms with E-state index in [1.165, 1.54) is 39.3 Å². The van der Waals surface area contributed by atoms with Gasteiger partial charge in [-0.15, -0.1) is 0 Å². The minimum atomic E-state index is -0.780. The van der Waals surface area contributed by atoms with Crippen molar-refractivity contribution in [3.63, 3.8) is 0 Å². The van der Waals surface area contributed by atoms with Crippen LogP contribution in [0.4, 0.5) is 11.4 Å². The van der Waals surface area contributed by atoms with E-state index >= 15 is 0 Å². The van der Waals surface area contributed by atoms with E-state index in [2.05, 4.69) is 16.0 Å². The highest BCUT2D eigenvalue weighted by molar-refractivity contribution is 5.98. The zero-order valence-corrected chi connectivity index (χ0v) is 25.7. The lowest BCUT2D eigenvalue weighted by atomic mass is 9.95. The van der Waals surface area contributed by atoms with Gasteiger partial charge in [-0.1, -0.05) is 19.9 Å². The molecule has 0 saturated heterocycles. The number of nitrogens with two attached hydrogens (primary N) is 1. The van der Waals surface area contributed by atoms with Crippen LogP contribution >= 0.6 is 0 Å². The number of hydrogen-bond acceptors (Lipinski definition) is 8. The van der Waals surface area contributed by atoms with E-state index in [1.54, 1.807) is 31.4 Å². The van der Waals surface area contributed by atoms with Gasteiger partial charge in [0, 0.05) is 23.7 Å². The van der Waals surface area contributed by atoms with Crippen molar-refractivity contribution in [2.24, 2.45) is 11.7 Å². The Balaban J connectivity index is 1.81. The van der Waals surface area contributed by atoms with E-state index in [-0.39, 0.29) is 28.8 Å². The molecule has 3 aromatic rings. The van der Waals surface area contributed by atoms with Crippen LogP contribution in [-0.4, -0.2) is 45.1 Å². The molecule has 11 heteroatoms. The number of primary amides is 1. The van der Waals surface area contributed by atoms with E-state index in [0.29, 0.717) is 52.5 Å². The van der Waals surface area contributed by atoms with Crippen molar-refractivity contribution < 1.29 is 28.6 Å². The summed E-state index contributed by atoms with van der Waals surface area (Å²) in [6, 6.07) is 11.8. The van der Waals surface area contributed by atoms with Crippen molar-refractivity contribution in [1.82, 2.24) is 5.32 Å². The van der Waals surface area contributed by atoms with E-state index in [9.17, 15) is 19.2 Å². The second-order valence-corrected chi connectivity index (χ2v) is 10.9. The van der Waals surface area contributed by atoms with Crippen molar-refractivity contribution in [3.05, 3.63) is 75.4 Å². The van der Waals surface area contributed by atoms with Crippen LogP contribution in [0.3, 0.4) is 0 Å². The third kappa shape index (κ3) is 6.61. The first-order chi connectivity index (χ1) is 21.0. The van der Waals surface area contributed by atoms with Gasteiger partial charge in [0.15, 0.2) is 11.5 Å². The number of anilines is 2. The van der Waals surface area contributed by atoms with Gasteiger partial charge in [-0.2, -0.15) is 0 Å². The highest BCUT2D eigenvalue weighted by Crippen LogP contribution is 2.50. The fourth-order valence-corrected chi connectivity index (χ4v) is 5.47. The highest BCUT2D eigenvalue weighted by atomic mass is 16.5. The first-order valence-electron chi connectivity index (χ1n) is 14.2. The Morgan fingerprint density at radius 1 is 0.932 bits per heavy atom. The zero-order valence-electron chi connectivity index (χ0n) is 25.7. The van der Waals surface area contributed by atoms with Crippen LogP contribution in [0.15, 0.2) is 53.3 Å². The minimum Gasteiger partial charge on any atom is -0.493 e. The standard InChI is InChI=1S/C33H38N4O7/c1-17(2)29(33(41)36-21-10-7-19(8-11-21)32(34)40)37-25-14-12-22-23(16-26(25)39)24(35-18(3)38)13-9-20-15-27(42-4)30(43-5)31(44-6)28(20)22/h7-8,10-12,14-17,24,29H,9,13H2,1-6H3,(H2,34,40)(H,35,38)(H,36,41)(H,37,39). The molecular formula is C33H38N4O7. The number of ether oxygens (including phenoxy) is 3. The molecule has 3 amide bonds. The molecular weight excluding hydrogens is 564 g/mol. The van der Waals surface area contributed by atoms with Crippen LogP contribution in [-0.2, 0) is 16.0 Å². The first-order valence-corrected chi connectivity index (χ1v) is 14.2. The summed E-state index contributed by atoms with van der Waals surface area (Å²) in [4.78, 5) is 50.7. The quantitative estimate of drug-likeness (QED) is 0.271. The van der Waals surface area contributed by atoms with Gasteiger partial charge in [0.25, 0.3) is 0 Å². The van der Waals surface area contributed by atoms with Gasteiger partial charge in [-0.05, 0) is 77.9 Å². The normalized spacial score (nSPS) is 14.3. The molecule has 1 aliphatic carbocycles. The van der Waals surface area contributed by atoms with Crippen molar-refractivity contribution in [2.75, 3.05) is 32.0 Å². The summed E-state index contributed by atoms with van der Waals surface area (Å²) in [5.74, 6) is -0.00328. The summed E-state index contributed by atoms with van der Waals surface area (Å²) >= 11 is 0. The number of carbonyl (C=O) groups is 3. The second-order valence-electron chi connectivity index (χ2n) is 10.9. The Labute approximate surface area is 256 Å².